The average Bonchev–Trinajstić information content (AvgIpc) is 2.03. The van der Waals surface area contributed by atoms with Gasteiger partial charge in [0.15, 0.2) is 0 Å². The highest BCUT2D eigenvalue weighted by atomic mass is 32.2. The zero-order valence-corrected chi connectivity index (χ0v) is 6.77. The molecule has 53 valence electrons. The summed E-state index contributed by atoms with van der Waals surface area (Å²) in [6.07, 6.45) is 0. The van der Waals surface area contributed by atoms with Gasteiger partial charge in [0, 0.05) is 5.75 Å². The van der Waals surface area contributed by atoms with Gasteiger partial charge in [0.25, 0.3) is 0 Å². The van der Waals surface area contributed by atoms with Gasteiger partial charge in [0.05, 0.1) is 5.69 Å². The lowest BCUT2D eigenvalue weighted by Gasteiger charge is -1.96. The van der Waals surface area contributed by atoms with E-state index in [9.17, 15) is 0 Å². The Morgan fingerprint density at radius 3 is 2.60 bits per heavy atom. The molecule has 10 heavy (non-hydrogen) atoms. The van der Waals surface area contributed by atoms with Crippen molar-refractivity contribution in [3.8, 4) is 0 Å². The Morgan fingerprint density at radius 2 is 2.00 bits per heavy atom. The molecule has 0 aliphatic heterocycles. The van der Waals surface area contributed by atoms with E-state index in [1.165, 1.54) is 0 Å². The second kappa shape index (κ2) is 4.23. The van der Waals surface area contributed by atoms with Crippen LogP contribution >= 0.6 is 11.9 Å². The first kappa shape index (κ1) is 7.48. The van der Waals surface area contributed by atoms with Gasteiger partial charge in [-0.3, -0.25) is 0 Å². The predicted molar refractivity (Wildman–Crippen MR) is 46.4 cm³/mol. The summed E-state index contributed by atoms with van der Waals surface area (Å²) in [4.78, 5) is 0. The first-order valence-electron chi connectivity index (χ1n) is 3.31. The monoisotopic (exact) mass is 152 g/mol. The van der Waals surface area contributed by atoms with Crippen molar-refractivity contribution in [2.75, 3.05) is 5.75 Å². The van der Waals surface area contributed by atoms with E-state index >= 15 is 0 Å². The summed E-state index contributed by atoms with van der Waals surface area (Å²) in [5.41, 5.74) is 1.05. The summed E-state index contributed by atoms with van der Waals surface area (Å²) < 4.78 is 4.24. The van der Waals surface area contributed by atoms with Gasteiger partial charge >= 0.3 is 0 Å². The molecule has 0 saturated carbocycles. The minimum Gasteiger partial charge on any atom is -0.217 e. The fraction of sp³-hybridized carbons (Fsp3) is 0.250. The third-order valence-corrected chi connectivity index (χ3v) is 1.65. The first-order valence-corrected chi connectivity index (χ1v) is 4.26. The molecule has 1 nitrogen and oxygen atoms in total. The number of rotatable bonds is 3. The molecule has 0 N–H and O–H groups in total. The van der Waals surface area contributed by atoms with Crippen molar-refractivity contribution < 1.29 is 0 Å². The summed E-state index contributed by atoms with van der Waals surface area (Å²) in [5, 5.41) is 0. The minimum absolute atomic E-state index is 1.04. The van der Waals surface area contributed by atoms with E-state index in [-0.39, 0.29) is 0 Å². The number of hydrogen-bond acceptors (Lipinski definition) is 1. The molecule has 0 fully saturated rings. The lowest BCUT2D eigenvalue weighted by Crippen LogP contribution is -1.83. The Morgan fingerprint density at radius 1 is 1.30 bits per heavy atom. The summed E-state index contributed by atoms with van der Waals surface area (Å²) in [5.74, 6) is 1.04. The van der Waals surface area contributed by atoms with Crippen LogP contribution in [-0.2, 0) is 0 Å². The zero-order valence-electron chi connectivity index (χ0n) is 5.95. The average molecular weight is 152 g/mol. The van der Waals surface area contributed by atoms with Crippen LogP contribution < -0.4 is 4.72 Å². The van der Waals surface area contributed by atoms with Crippen LogP contribution in [0.15, 0.2) is 30.3 Å². The van der Waals surface area contributed by atoms with Gasteiger partial charge in [-0.05, 0) is 24.1 Å². The summed E-state index contributed by atoms with van der Waals surface area (Å²) in [6, 6.07) is 9.99. The molecule has 0 heterocycles. The maximum atomic E-state index is 4.24. The molecule has 0 amide bonds. The highest BCUT2D eigenvalue weighted by Crippen LogP contribution is 2.10. The first-order chi connectivity index (χ1) is 4.93. The Balaban J connectivity index is 2.43. The van der Waals surface area contributed by atoms with Crippen LogP contribution in [0.2, 0.25) is 0 Å². The third kappa shape index (κ3) is 2.31. The molecule has 1 aromatic carbocycles. The van der Waals surface area contributed by atoms with Gasteiger partial charge in [-0.1, -0.05) is 25.1 Å². The smallest absolute Gasteiger partial charge is 0.0712 e. The fourth-order valence-corrected chi connectivity index (χ4v) is 1.03. The van der Waals surface area contributed by atoms with E-state index in [2.05, 4.69) is 11.6 Å². The Hall–Kier alpha value is -0.630. The van der Waals surface area contributed by atoms with Crippen molar-refractivity contribution in [1.29, 1.82) is 0 Å². The molecule has 0 atom stereocenters. The Labute approximate surface area is 66.0 Å². The topological polar surface area (TPSA) is 14.1 Å². The van der Waals surface area contributed by atoms with Crippen molar-refractivity contribution in [3.05, 3.63) is 30.3 Å². The number of benzene rings is 1. The summed E-state index contributed by atoms with van der Waals surface area (Å²) in [7, 11) is 0. The molecule has 1 radical (unpaired) electrons. The van der Waals surface area contributed by atoms with Crippen LogP contribution in [0.5, 0.6) is 0 Å². The Bertz CT molecular complexity index is 174. The normalized spacial score (nSPS) is 9.30. The van der Waals surface area contributed by atoms with Crippen molar-refractivity contribution >= 4 is 17.6 Å². The minimum atomic E-state index is 1.04. The maximum Gasteiger partial charge on any atom is 0.0712 e. The largest absolute Gasteiger partial charge is 0.217 e. The van der Waals surface area contributed by atoms with E-state index in [1.54, 1.807) is 11.9 Å². The quantitative estimate of drug-likeness (QED) is 0.607. The van der Waals surface area contributed by atoms with Crippen molar-refractivity contribution in [3.63, 3.8) is 0 Å². The molecule has 1 aromatic rings. The molecule has 0 aliphatic carbocycles. The van der Waals surface area contributed by atoms with E-state index in [0.717, 1.165) is 11.4 Å². The van der Waals surface area contributed by atoms with Crippen LogP contribution in [0.25, 0.3) is 0 Å². The molecule has 0 spiro atoms. The van der Waals surface area contributed by atoms with Gasteiger partial charge in [-0.25, -0.2) is 4.72 Å². The van der Waals surface area contributed by atoms with Crippen LogP contribution in [-0.4, -0.2) is 5.75 Å². The van der Waals surface area contributed by atoms with E-state index in [0.29, 0.717) is 0 Å². The Kier molecular flexibility index (Phi) is 3.16. The molecule has 0 aromatic heterocycles. The van der Waals surface area contributed by atoms with Gasteiger partial charge in [-0.15, -0.1) is 0 Å². The lowest BCUT2D eigenvalue weighted by molar-refractivity contribution is 1.36. The standard InChI is InChI=1S/C8H10NS/c1-2-10-9-8-6-4-3-5-7-8/h3-7H,2H2,1H3. The van der Waals surface area contributed by atoms with Crippen molar-refractivity contribution in [1.82, 2.24) is 4.72 Å². The van der Waals surface area contributed by atoms with Crippen molar-refractivity contribution in [2.45, 2.75) is 6.92 Å². The second-order valence-electron chi connectivity index (χ2n) is 1.84. The number of hydrogen-bond donors (Lipinski definition) is 0. The van der Waals surface area contributed by atoms with E-state index < -0.39 is 0 Å². The molecular weight excluding hydrogens is 142 g/mol. The zero-order chi connectivity index (χ0) is 7.23. The van der Waals surface area contributed by atoms with Crippen LogP contribution in [0.3, 0.4) is 0 Å². The molecule has 0 unspecified atom stereocenters. The highest BCUT2D eigenvalue weighted by Gasteiger charge is 1.88. The maximum absolute atomic E-state index is 4.24. The van der Waals surface area contributed by atoms with Gasteiger partial charge in [0.1, 0.15) is 0 Å². The molecular formula is C8H10NS. The molecule has 0 saturated heterocycles. The van der Waals surface area contributed by atoms with Crippen LogP contribution in [0, 0.1) is 0 Å². The molecule has 0 bridgehead atoms. The van der Waals surface area contributed by atoms with Gasteiger partial charge in [-0.2, -0.15) is 0 Å². The fourth-order valence-electron chi connectivity index (χ4n) is 0.628. The van der Waals surface area contributed by atoms with E-state index in [4.69, 9.17) is 0 Å². The molecule has 2 heteroatoms. The predicted octanol–water partition coefficient (Wildman–Crippen LogP) is 2.59. The van der Waals surface area contributed by atoms with Crippen LogP contribution in [0.1, 0.15) is 6.92 Å². The van der Waals surface area contributed by atoms with Crippen molar-refractivity contribution in [2.24, 2.45) is 0 Å². The summed E-state index contributed by atoms with van der Waals surface area (Å²) >= 11 is 1.59. The highest BCUT2D eigenvalue weighted by molar-refractivity contribution is 7.97. The molecule has 1 rings (SSSR count). The SMILES string of the molecule is CCS[N]c1ccccc1. The lowest BCUT2D eigenvalue weighted by atomic mass is 10.3. The van der Waals surface area contributed by atoms with Crippen LogP contribution in [0.4, 0.5) is 5.69 Å². The summed E-state index contributed by atoms with van der Waals surface area (Å²) in [6.45, 7) is 2.09. The van der Waals surface area contributed by atoms with E-state index in [1.807, 2.05) is 30.3 Å². The van der Waals surface area contributed by atoms with Gasteiger partial charge < -0.3 is 0 Å². The van der Waals surface area contributed by atoms with Gasteiger partial charge in [0.2, 0.25) is 0 Å². The third-order valence-electron chi connectivity index (χ3n) is 1.06. The second-order valence-corrected chi connectivity index (χ2v) is 2.86. The molecule has 0 aliphatic rings. The number of nitrogens with zero attached hydrogens (tertiary/aromatic N) is 1.